The summed E-state index contributed by atoms with van der Waals surface area (Å²) in [6, 6.07) is 0. The molecule has 0 amide bonds. The molecule has 0 aliphatic carbocycles. The maximum atomic E-state index is 12.3. The van der Waals surface area contributed by atoms with E-state index in [0.717, 1.165) is 0 Å². The fourth-order valence-corrected chi connectivity index (χ4v) is 71.6. The van der Waals surface area contributed by atoms with E-state index < -0.39 is 67.1 Å². The molecule has 0 N–H and O–H groups in total. The molecule has 0 atom stereocenters. The Morgan fingerprint density at radius 3 is 0.571 bits per heavy atom. The van der Waals surface area contributed by atoms with Crippen molar-refractivity contribution in [3.05, 3.63) is 4.65 Å². The summed E-state index contributed by atoms with van der Waals surface area (Å²) in [5, 5.41) is 0. The smallest absolute Gasteiger partial charge is 0.590 e. The number of nitrogens with zero attached hydrogens (tertiary/aromatic N) is 1. The second-order valence-corrected chi connectivity index (χ2v) is 46.7. The molecule has 22 heteroatoms. The van der Waals surface area contributed by atoms with Crippen molar-refractivity contribution in [3.63, 3.8) is 0 Å². The molecule has 0 heterocycles. The van der Waals surface area contributed by atoms with Crippen LogP contribution in [-0.4, -0.2) is 99.4 Å². The first kappa shape index (κ1) is 31.3. The SMILES string of the molecule is CS(=O)(=O)[Si]([N-][Si](S(C)(=O)=O)(S(C)(=O)=O)S(C)(=O)=O)(S(C)(=O)=O)S(C)(=O)=O.[Na+]. The molecule has 0 aliphatic rings. The first-order valence-corrected chi connectivity index (χ1v) is 25.7. The van der Waals surface area contributed by atoms with E-state index in [1.807, 2.05) is 0 Å². The predicted molar refractivity (Wildman–Crippen MR) is 104 cm³/mol. The van der Waals surface area contributed by atoms with Crippen molar-refractivity contribution >= 4 is 67.1 Å². The van der Waals surface area contributed by atoms with Gasteiger partial charge in [0.2, 0.25) is 0 Å². The fourth-order valence-electron chi connectivity index (χ4n) is 2.32. The zero-order chi connectivity index (χ0) is 22.7. The van der Waals surface area contributed by atoms with Gasteiger partial charge in [-0.05, 0) is 0 Å². The van der Waals surface area contributed by atoms with Gasteiger partial charge in [-0.3, -0.25) is 0 Å². The van der Waals surface area contributed by atoms with E-state index in [1.54, 1.807) is 0 Å². The summed E-state index contributed by atoms with van der Waals surface area (Å²) in [6.07, 6.45) is 0.648. The van der Waals surface area contributed by atoms with Gasteiger partial charge in [-0.2, -0.15) is 0 Å². The predicted octanol–water partition coefficient (Wildman–Crippen LogP) is -6.50. The monoisotopic (exact) mass is 567 g/mol. The Hall–Kier alpha value is 1.09. The van der Waals surface area contributed by atoms with Crippen LogP contribution in [0.4, 0.5) is 0 Å². The van der Waals surface area contributed by atoms with Crippen molar-refractivity contribution in [1.29, 1.82) is 0 Å². The van der Waals surface area contributed by atoms with Crippen molar-refractivity contribution in [2.45, 2.75) is 0 Å². The van der Waals surface area contributed by atoms with Crippen LogP contribution in [0.3, 0.4) is 0 Å². The molecule has 0 aromatic carbocycles. The minimum Gasteiger partial charge on any atom is -0.590 e. The largest absolute Gasteiger partial charge is 1.00 e. The molecule has 0 saturated carbocycles. The van der Waals surface area contributed by atoms with Gasteiger partial charge in [0.1, 0.15) is 55.7 Å². The van der Waals surface area contributed by atoms with Crippen LogP contribution in [0, 0.1) is 0 Å². The van der Waals surface area contributed by atoms with E-state index in [9.17, 15) is 50.5 Å². The van der Waals surface area contributed by atoms with Gasteiger partial charge in [0, 0.05) is 37.5 Å². The normalized spacial score (nSPS) is 15.6. The van der Waals surface area contributed by atoms with Crippen LogP contribution in [0.2, 0.25) is 0 Å². The van der Waals surface area contributed by atoms with E-state index in [2.05, 4.69) is 4.65 Å². The van der Waals surface area contributed by atoms with E-state index in [1.165, 1.54) is 0 Å². The Balaban J connectivity index is 0. The van der Waals surface area contributed by atoms with E-state index in [0.29, 0.717) is 0 Å². The van der Waals surface area contributed by atoms with Gasteiger partial charge in [0.25, 0.3) is 0 Å². The standard InChI is InChI=1S/C6H18NO12S6Si2.Na/c1-20(8,9)26(21(2,10)11,22(3,12)13)7-27(23(4,14)15,24(5,16)17)25(6,18)19;/h1-6H3;/q-1;+1. The van der Waals surface area contributed by atoms with Gasteiger partial charge < -0.3 is 4.65 Å². The fraction of sp³-hybridized carbons (Fsp3) is 1.00. The summed E-state index contributed by atoms with van der Waals surface area (Å²) < 4.78 is 150. The summed E-state index contributed by atoms with van der Waals surface area (Å²) >= 11 is 0. The van der Waals surface area contributed by atoms with Crippen molar-refractivity contribution in [2.75, 3.05) is 37.5 Å². The summed E-state index contributed by atoms with van der Waals surface area (Å²) in [5.74, 6) is 0. The summed E-state index contributed by atoms with van der Waals surface area (Å²) in [6.45, 7) is 0. The summed E-state index contributed by atoms with van der Waals surface area (Å²) in [7, 11) is -31.9. The molecule has 0 unspecified atom stereocenters. The molecule has 164 valence electrons. The second kappa shape index (κ2) is 8.22. The average molecular weight is 568 g/mol. The topological polar surface area (TPSA) is 219 Å². The number of hydrogen-bond donors (Lipinski definition) is 0. The summed E-state index contributed by atoms with van der Waals surface area (Å²) in [5.41, 5.74) is -12.8. The Kier molecular flexibility index (Phi) is 9.18. The van der Waals surface area contributed by atoms with Crippen LogP contribution in [0.15, 0.2) is 0 Å². The van der Waals surface area contributed by atoms with Crippen molar-refractivity contribution < 1.29 is 80.1 Å². The number of rotatable bonds is 8. The van der Waals surface area contributed by atoms with E-state index in [-0.39, 0.29) is 67.1 Å². The van der Waals surface area contributed by atoms with Gasteiger partial charge in [0.05, 0.1) is 0 Å². The molecular formula is C6H18NNaO12S6Si2. The third-order valence-electron chi connectivity index (χ3n) is 3.09. The van der Waals surface area contributed by atoms with Crippen molar-refractivity contribution in [1.82, 2.24) is 0 Å². The van der Waals surface area contributed by atoms with Crippen LogP contribution < -0.4 is 29.6 Å². The molecule has 0 radical (unpaired) electrons. The van der Waals surface area contributed by atoms with Crippen LogP contribution in [0.25, 0.3) is 4.65 Å². The molecule has 0 aromatic rings. The molecular weight excluding hydrogens is 550 g/mol. The third kappa shape index (κ3) is 4.94. The van der Waals surface area contributed by atoms with Crippen LogP contribution in [-0.2, 0) is 55.7 Å². The first-order valence-electron chi connectivity index (χ1n) is 6.12. The van der Waals surface area contributed by atoms with E-state index in [4.69, 9.17) is 0 Å². The minimum absolute atomic E-state index is 0. The quantitative estimate of drug-likeness (QED) is 0.250. The molecule has 0 fully saturated rings. The van der Waals surface area contributed by atoms with Crippen LogP contribution in [0.5, 0.6) is 0 Å². The minimum atomic E-state index is -6.40. The number of hydrogen-bond acceptors (Lipinski definition) is 12. The van der Waals surface area contributed by atoms with Gasteiger partial charge in [0.15, 0.2) is 0 Å². The zero-order valence-electron chi connectivity index (χ0n) is 15.8. The Labute approximate surface area is 187 Å². The average Bonchev–Trinajstić information content (AvgIpc) is 2.16. The molecule has 0 spiro atoms. The molecule has 0 rings (SSSR count). The van der Waals surface area contributed by atoms with Gasteiger partial charge in [-0.15, -0.1) is 0 Å². The van der Waals surface area contributed by atoms with Crippen LogP contribution in [0.1, 0.15) is 0 Å². The van der Waals surface area contributed by atoms with E-state index >= 15 is 0 Å². The summed E-state index contributed by atoms with van der Waals surface area (Å²) in [4.78, 5) is 0. The second-order valence-electron chi connectivity index (χ2n) is 5.79. The molecule has 0 aromatic heterocycles. The van der Waals surface area contributed by atoms with Gasteiger partial charge in [-0.25, -0.2) is 50.5 Å². The Morgan fingerprint density at radius 1 is 0.393 bits per heavy atom. The molecule has 0 bridgehead atoms. The first-order chi connectivity index (χ1) is 11.2. The van der Waals surface area contributed by atoms with Gasteiger partial charge >= 0.3 is 40.9 Å². The van der Waals surface area contributed by atoms with Crippen molar-refractivity contribution in [2.24, 2.45) is 0 Å². The van der Waals surface area contributed by atoms with Crippen molar-refractivity contribution in [3.8, 4) is 0 Å². The Bertz CT molecular complexity index is 1020. The maximum absolute atomic E-state index is 12.3. The Morgan fingerprint density at radius 2 is 0.500 bits per heavy atom. The van der Waals surface area contributed by atoms with Gasteiger partial charge in [-0.1, -0.05) is 0 Å². The zero-order valence-corrected chi connectivity index (χ0v) is 24.7. The molecule has 0 saturated heterocycles. The molecule has 0 aliphatic heterocycles. The maximum Gasteiger partial charge on any atom is 1.00 e. The molecule has 28 heavy (non-hydrogen) atoms. The molecule has 13 nitrogen and oxygen atoms in total. The third-order valence-corrected chi connectivity index (χ3v) is 65.4. The van der Waals surface area contributed by atoms with Crippen LogP contribution >= 0.6 is 0 Å².